The van der Waals surface area contributed by atoms with Gasteiger partial charge in [-0.3, -0.25) is 4.90 Å². The number of carbonyl (C=O) groups excluding carboxylic acids is 1. The number of carbonyl (C=O) groups is 1. The van der Waals surface area contributed by atoms with Gasteiger partial charge >= 0.3 is 12.1 Å². The molecule has 0 saturated heterocycles. The van der Waals surface area contributed by atoms with E-state index in [2.05, 4.69) is 4.74 Å². The summed E-state index contributed by atoms with van der Waals surface area (Å²) in [6.45, 7) is 3.36. The molecule has 3 rings (SSSR count). The number of alkyl halides is 3. The van der Waals surface area contributed by atoms with Crippen molar-refractivity contribution in [3.05, 3.63) is 94.8 Å². The molecule has 0 amide bonds. The average molecular weight is 582 g/mol. The summed E-state index contributed by atoms with van der Waals surface area (Å²) in [7, 11) is -2.96. The summed E-state index contributed by atoms with van der Waals surface area (Å²) in [5.41, 5.74) is 0.180. The highest BCUT2D eigenvalue weighted by molar-refractivity contribution is 7.90. The van der Waals surface area contributed by atoms with E-state index in [-0.39, 0.29) is 24.8 Å². The number of halogens is 4. The van der Waals surface area contributed by atoms with E-state index in [0.717, 1.165) is 43.2 Å². The van der Waals surface area contributed by atoms with Crippen molar-refractivity contribution in [2.45, 2.75) is 36.9 Å². The fraction of sp³-hybridized carbons (Fsp3) is 0.345. The van der Waals surface area contributed by atoms with Crippen LogP contribution in [0.2, 0.25) is 0 Å². The van der Waals surface area contributed by atoms with Gasteiger partial charge in [0, 0.05) is 32.0 Å². The highest BCUT2D eigenvalue weighted by Gasteiger charge is 2.30. The third-order valence-electron chi connectivity index (χ3n) is 6.27. The molecular formula is C29H31F4NO5S. The van der Waals surface area contributed by atoms with Crippen molar-refractivity contribution in [3.8, 4) is 5.75 Å². The number of benzene rings is 3. The molecule has 11 heteroatoms. The quantitative estimate of drug-likeness (QED) is 0.146. The smallest absolute Gasteiger partial charge is 0.416 e. The van der Waals surface area contributed by atoms with Crippen molar-refractivity contribution in [2.75, 3.05) is 33.1 Å². The van der Waals surface area contributed by atoms with Crippen molar-refractivity contribution < 1.29 is 40.2 Å². The summed E-state index contributed by atoms with van der Waals surface area (Å²) in [5, 5.41) is 0. The Morgan fingerprint density at radius 1 is 1.02 bits per heavy atom. The third kappa shape index (κ3) is 8.53. The predicted molar refractivity (Wildman–Crippen MR) is 143 cm³/mol. The second-order valence-corrected chi connectivity index (χ2v) is 11.5. The number of hydrogen-bond donors (Lipinski definition) is 0. The van der Waals surface area contributed by atoms with Crippen LogP contribution in [0.1, 0.15) is 46.3 Å². The molecule has 1 unspecified atom stereocenters. The Balaban J connectivity index is 1.74. The zero-order valence-electron chi connectivity index (χ0n) is 22.4. The minimum absolute atomic E-state index is 0.0685. The molecule has 0 bridgehead atoms. The van der Waals surface area contributed by atoms with Gasteiger partial charge < -0.3 is 9.47 Å². The maximum absolute atomic E-state index is 14.6. The molecule has 0 saturated carbocycles. The number of rotatable bonds is 12. The maximum atomic E-state index is 14.6. The van der Waals surface area contributed by atoms with Crippen LogP contribution < -0.4 is 4.74 Å². The van der Waals surface area contributed by atoms with Crippen molar-refractivity contribution in [3.63, 3.8) is 0 Å². The lowest BCUT2D eigenvalue weighted by molar-refractivity contribution is -0.137. The number of sulfone groups is 1. The molecule has 0 N–H and O–H groups in total. The van der Waals surface area contributed by atoms with E-state index in [0.29, 0.717) is 25.1 Å². The van der Waals surface area contributed by atoms with Crippen molar-refractivity contribution >= 4 is 15.8 Å². The van der Waals surface area contributed by atoms with Crippen LogP contribution in [0, 0.1) is 5.82 Å². The average Bonchev–Trinajstić information content (AvgIpc) is 2.90. The van der Waals surface area contributed by atoms with Crippen LogP contribution in [-0.4, -0.2) is 52.3 Å². The highest BCUT2D eigenvalue weighted by atomic mass is 32.2. The Labute approximate surface area is 231 Å². The molecule has 6 nitrogen and oxygen atoms in total. The maximum Gasteiger partial charge on any atom is 0.416 e. The molecule has 0 heterocycles. The zero-order valence-corrected chi connectivity index (χ0v) is 23.2. The van der Waals surface area contributed by atoms with Gasteiger partial charge in [0.15, 0.2) is 9.84 Å². The lowest BCUT2D eigenvalue weighted by Crippen LogP contribution is -2.29. The lowest BCUT2D eigenvalue weighted by Gasteiger charge is -2.26. The predicted octanol–water partition coefficient (Wildman–Crippen LogP) is 6.11. The van der Waals surface area contributed by atoms with Crippen LogP contribution in [-0.2, 0) is 27.3 Å². The van der Waals surface area contributed by atoms with Crippen LogP contribution in [0.3, 0.4) is 0 Å². The van der Waals surface area contributed by atoms with E-state index in [1.807, 2.05) is 42.2 Å². The molecule has 3 aromatic carbocycles. The standard InChI is InChI=1S/C29H31F4NO5S/c1-20(22-10-5-4-6-11-22)18-34(19-21-9-7-12-23(15-21)29(31,32)33)13-8-14-39-24-16-25(30)27(28(35)38-2)26(17-24)40(3,36)37/h4-7,9-12,15-17,20H,8,13-14,18-19H2,1-3H3. The van der Waals surface area contributed by atoms with Gasteiger partial charge in [0.05, 0.1) is 24.2 Å². The topological polar surface area (TPSA) is 72.9 Å². The van der Waals surface area contributed by atoms with Crippen molar-refractivity contribution in [1.82, 2.24) is 4.90 Å². The molecule has 40 heavy (non-hydrogen) atoms. The van der Waals surface area contributed by atoms with E-state index in [4.69, 9.17) is 4.74 Å². The number of esters is 1. The van der Waals surface area contributed by atoms with Crippen LogP contribution in [0.15, 0.2) is 71.6 Å². The van der Waals surface area contributed by atoms with Crippen LogP contribution >= 0.6 is 0 Å². The summed E-state index contributed by atoms with van der Waals surface area (Å²) in [5.74, 6) is -2.20. The fourth-order valence-electron chi connectivity index (χ4n) is 4.33. The van der Waals surface area contributed by atoms with Crippen LogP contribution in [0.4, 0.5) is 17.6 Å². The summed E-state index contributed by atoms with van der Waals surface area (Å²) >= 11 is 0. The molecule has 0 fully saturated rings. The first-order valence-electron chi connectivity index (χ1n) is 12.5. The zero-order chi connectivity index (χ0) is 29.5. The second kappa shape index (κ2) is 13.3. The molecule has 0 aliphatic rings. The Kier molecular flexibility index (Phi) is 10.3. The van der Waals surface area contributed by atoms with Gasteiger partial charge in [0.25, 0.3) is 0 Å². The SMILES string of the molecule is COC(=O)c1c(F)cc(OCCCN(Cc2cccc(C(F)(F)F)c2)CC(C)c2ccccc2)cc1S(C)(=O)=O. The summed E-state index contributed by atoms with van der Waals surface area (Å²) in [6, 6.07) is 16.9. The van der Waals surface area contributed by atoms with Crippen LogP contribution in [0.5, 0.6) is 5.75 Å². The van der Waals surface area contributed by atoms with E-state index in [1.165, 1.54) is 6.07 Å². The molecule has 0 aliphatic heterocycles. The normalized spacial score (nSPS) is 12.8. The molecular weight excluding hydrogens is 550 g/mol. The minimum Gasteiger partial charge on any atom is -0.493 e. The van der Waals surface area contributed by atoms with Gasteiger partial charge in [-0.25, -0.2) is 17.6 Å². The number of nitrogens with zero attached hydrogens (tertiary/aromatic N) is 1. The summed E-state index contributed by atoms with van der Waals surface area (Å²) in [4.78, 5) is 13.4. The fourth-order valence-corrected chi connectivity index (χ4v) is 5.21. The molecule has 3 aromatic rings. The van der Waals surface area contributed by atoms with Gasteiger partial charge in [-0.1, -0.05) is 55.5 Å². The monoisotopic (exact) mass is 581 g/mol. The van der Waals surface area contributed by atoms with Gasteiger partial charge in [-0.05, 0) is 35.6 Å². The third-order valence-corrected chi connectivity index (χ3v) is 7.39. The van der Waals surface area contributed by atoms with Crippen molar-refractivity contribution in [1.29, 1.82) is 0 Å². The Morgan fingerprint density at radius 3 is 2.35 bits per heavy atom. The van der Waals surface area contributed by atoms with Gasteiger partial charge in [-0.2, -0.15) is 13.2 Å². The van der Waals surface area contributed by atoms with Crippen LogP contribution in [0.25, 0.3) is 0 Å². The van der Waals surface area contributed by atoms with Gasteiger partial charge in [0.1, 0.15) is 17.1 Å². The first-order chi connectivity index (χ1) is 18.8. The molecule has 0 aromatic heterocycles. The first kappa shape index (κ1) is 31.1. The highest BCUT2D eigenvalue weighted by Crippen LogP contribution is 2.30. The van der Waals surface area contributed by atoms with Gasteiger partial charge in [-0.15, -0.1) is 0 Å². The summed E-state index contributed by atoms with van der Waals surface area (Å²) < 4.78 is 88.8. The molecule has 0 spiro atoms. The largest absolute Gasteiger partial charge is 0.493 e. The number of ether oxygens (including phenoxy) is 2. The first-order valence-corrected chi connectivity index (χ1v) is 14.4. The van der Waals surface area contributed by atoms with Crippen molar-refractivity contribution in [2.24, 2.45) is 0 Å². The molecule has 0 radical (unpaired) electrons. The Morgan fingerprint density at radius 2 is 1.73 bits per heavy atom. The minimum atomic E-state index is -4.45. The van der Waals surface area contributed by atoms with Gasteiger partial charge in [0.2, 0.25) is 0 Å². The molecule has 216 valence electrons. The summed E-state index contributed by atoms with van der Waals surface area (Å²) in [6.07, 6.45) is -3.19. The van der Waals surface area contributed by atoms with E-state index in [1.54, 1.807) is 6.07 Å². The second-order valence-electron chi connectivity index (χ2n) is 9.49. The number of methoxy groups -OCH3 is 1. The van der Waals surface area contributed by atoms with E-state index in [9.17, 15) is 30.8 Å². The molecule has 1 atom stereocenters. The van der Waals surface area contributed by atoms with E-state index < -0.39 is 43.8 Å². The lowest BCUT2D eigenvalue weighted by atomic mass is 10.00. The molecule has 0 aliphatic carbocycles. The Hall–Kier alpha value is -3.44. The van der Waals surface area contributed by atoms with E-state index >= 15 is 0 Å². The number of hydrogen-bond acceptors (Lipinski definition) is 6. The Bertz CT molecular complexity index is 1410.